The average molecular weight is 788 g/mol. The fourth-order valence-electron chi connectivity index (χ4n) is 7.18. The number of aromatic nitrogens is 1. The van der Waals surface area contributed by atoms with Crippen LogP contribution >= 0.6 is 0 Å². The lowest BCUT2D eigenvalue weighted by atomic mass is 10.0. The number of oxazole rings is 1. The first-order valence-electron chi connectivity index (χ1n) is 18.2. The fraction of sp³-hybridized carbons (Fsp3) is 0.474. The number of anilines is 1. The molecule has 3 fully saturated rings. The maximum Gasteiger partial charge on any atom is 0.416 e. The Balaban J connectivity index is 1.19. The minimum atomic E-state index is -4.85. The van der Waals surface area contributed by atoms with Gasteiger partial charge in [0.15, 0.2) is 0 Å². The number of carbonyl (C=O) groups is 3. The SMILES string of the molecule is CC1(S(=O)(=O)NC(=O)[C@@]23C[C@@H]2/C=C\CCCCC[C@H](Nc2cc(F)cc(C(F)(F)F)c2)C(=O)N2C[C@H](Oc4nc(-c5ccccc5)co4)C[C@H]2C(=O)N3)CC1. The Bertz CT molecular complexity index is 2090. The number of hydrogen-bond donors (Lipinski definition) is 3. The number of hydrogen-bond acceptors (Lipinski definition) is 9. The number of halogens is 4. The van der Waals surface area contributed by atoms with Crippen molar-refractivity contribution in [2.24, 2.45) is 5.92 Å². The van der Waals surface area contributed by atoms with E-state index in [0.717, 1.165) is 17.7 Å². The molecule has 12 nitrogen and oxygen atoms in total. The van der Waals surface area contributed by atoms with Crippen molar-refractivity contribution in [2.75, 3.05) is 11.9 Å². The Hall–Kier alpha value is -4.93. The molecule has 55 heavy (non-hydrogen) atoms. The molecule has 17 heteroatoms. The molecule has 2 aliphatic carbocycles. The summed E-state index contributed by atoms with van der Waals surface area (Å²) < 4.78 is 94.2. The number of amides is 3. The summed E-state index contributed by atoms with van der Waals surface area (Å²) in [5, 5.41) is 5.58. The predicted octanol–water partition coefficient (Wildman–Crippen LogP) is 5.72. The Kier molecular flexibility index (Phi) is 10.2. The monoisotopic (exact) mass is 787 g/mol. The molecule has 2 aliphatic heterocycles. The van der Waals surface area contributed by atoms with Crippen LogP contribution in [0.1, 0.15) is 70.3 Å². The lowest BCUT2D eigenvalue weighted by Gasteiger charge is -2.30. The third kappa shape index (κ3) is 8.21. The number of carbonyl (C=O) groups excluding carboxylic acids is 3. The summed E-state index contributed by atoms with van der Waals surface area (Å²) in [6.07, 6.45) is 2.50. The first-order chi connectivity index (χ1) is 26.1. The first-order valence-corrected chi connectivity index (χ1v) is 19.7. The van der Waals surface area contributed by atoms with E-state index in [2.05, 4.69) is 20.3 Å². The molecule has 2 aromatic carbocycles. The van der Waals surface area contributed by atoms with Crippen molar-refractivity contribution in [3.8, 4) is 17.3 Å². The van der Waals surface area contributed by atoms with Gasteiger partial charge >= 0.3 is 12.3 Å². The zero-order valence-electron chi connectivity index (χ0n) is 29.9. The van der Waals surface area contributed by atoms with Crippen molar-refractivity contribution in [1.82, 2.24) is 19.9 Å². The lowest BCUT2D eigenvalue weighted by Crippen LogP contribution is -2.58. The van der Waals surface area contributed by atoms with Gasteiger partial charge in [0.25, 0.3) is 5.91 Å². The second-order valence-corrected chi connectivity index (χ2v) is 17.2. The molecule has 3 amide bonds. The number of nitrogens with one attached hydrogen (secondary N) is 3. The Morgan fingerprint density at radius 2 is 1.85 bits per heavy atom. The van der Waals surface area contributed by atoms with Crippen molar-refractivity contribution in [3.63, 3.8) is 0 Å². The minimum absolute atomic E-state index is 0.0971. The molecule has 0 bridgehead atoms. The van der Waals surface area contributed by atoms with Gasteiger partial charge in [-0.1, -0.05) is 55.3 Å². The van der Waals surface area contributed by atoms with Crippen LogP contribution < -0.4 is 20.1 Å². The van der Waals surface area contributed by atoms with E-state index < -0.39 is 79.7 Å². The number of rotatable bonds is 8. The summed E-state index contributed by atoms with van der Waals surface area (Å²) in [7, 11) is -4.05. The molecule has 3 N–H and O–H groups in total. The summed E-state index contributed by atoms with van der Waals surface area (Å²) in [5.74, 6) is -3.96. The predicted molar refractivity (Wildman–Crippen MR) is 191 cm³/mol. The third-order valence-electron chi connectivity index (χ3n) is 10.9. The van der Waals surface area contributed by atoms with Crippen molar-refractivity contribution < 1.29 is 49.5 Å². The van der Waals surface area contributed by atoms with Crippen LogP contribution in [-0.2, 0) is 30.6 Å². The smallest absolute Gasteiger partial charge is 0.416 e. The van der Waals surface area contributed by atoms with Crippen LogP contribution in [0.15, 0.2) is 71.4 Å². The highest BCUT2D eigenvalue weighted by molar-refractivity contribution is 7.91. The molecule has 7 rings (SSSR count). The van der Waals surface area contributed by atoms with Crippen LogP contribution in [0, 0.1) is 11.7 Å². The Morgan fingerprint density at radius 3 is 2.58 bits per heavy atom. The second kappa shape index (κ2) is 14.6. The van der Waals surface area contributed by atoms with Crippen LogP contribution in [0.4, 0.5) is 23.2 Å². The lowest BCUT2D eigenvalue weighted by molar-refractivity contribution is -0.140. The topological polar surface area (TPSA) is 160 Å². The summed E-state index contributed by atoms with van der Waals surface area (Å²) >= 11 is 0. The largest absolute Gasteiger partial charge is 0.445 e. The van der Waals surface area contributed by atoms with Gasteiger partial charge in [0.1, 0.15) is 41.5 Å². The molecule has 0 unspecified atom stereocenters. The standard InChI is InChI=1S/C38H41F4N5O7S/c1-36(14-15-36)55(51,52)46-34(50)37-20-24(37)12-8-3-2-4-9-13-29(43-27-17-25(38(40,41)42)16-26(39)18-27)33(49)47-21-28(19-31(47)32(48)45-37)54-35-44-30(22-53-35)23-10-6-5-7-11-23/h5-8,10-12,16-18,22,24,28-29,31,43H,2-4,9,13-15,19-21H2,1H3,(H,45,48)(H,46,50)/b12-8-/t24-,28+,29-,31-,37+/m0/s1. The van der Waals surface area contributed by atoms with E-state index >= 15 is 0 Å². The highest BCUT2D eigenvalue weighted by Crippen LogP contribution is 2.47. The van der Waals surface area contributed by atoms with Crippen LogP contribution in [0.25, 0.3) is 11.3 Å². The van der Waals surface area contributed by atoms with Gasteiger partial charge in [0.05, 0.1) is 16.9 Å². The molecule has 294 valence electrons. The third-order valence-corrected chi connectivity index (χ3v) is 13.0. The molecule has 5 atom stereocenters. The summed E-state index contributed by atoms with van der Waals surface area (Å²) in [5.41, 5.74) is -1.89. The van der Waals surface area contributed by atoms with E-state index in [-0.39, 0.29) is 37.6 Å². The molecule has 0 spiro atoms. The minimum Gasteiger partial charge on any atom is -0.445 e. The van der Waals surface area contributed by atoms with Gasteiger partial charge in [-0.25, -0.2) is 12.8 Å². The Labute approximate surface area is 315 Å². The molecule has 3 aromatic rings. The van der Waals surface area contributed by atoms with E-state index in [1.165, 1.54) is 18.1 Å². The van der Waals surface area contributed by atoms with Gasteiger partial charge in [-0.15, -0.1) is 0 Å². The number of ether oxygens (including phenoxy) is 1. The van der Waals surface area contributed by atoms with Crippen LogP contribution in [0.5, 0.6) is 6.08 Å². The molecule has 1 aromatic heterocycles. The molecule has 0 radical (unpaired) electrons. The number of alkyl halides is 3. The zero-order chi connectivity index (χ0) is 39.2. The summed E-state index contributed by atoms with van der Waals surface area (Å²) in [6.45, 7) is 1.36. The van der Waals surface area contributed by atoms with Crippen LogP contribution in [-0.4, -0.2) is 71.0 Å². The van der Waals surface area contributed by atoms with E-state index in [0.29, 0.717) is 50.3 Å². The molecule has 3 heterocycles. The van der Waals surface area contributed by atoms with Crippen LogP contribution in [0.3, 0.4) is 0 Å². The number of allylic oxidation sites excluding steroid dienone is 1. The summed E-state index contributed by atoms with van der Waals surface area (Å²) in [6, 6.07) is 8.63. The fourth-order valence-corrected chi connectivity index (χ4v) is 8.49. The number of fused-ring (bicyclic) bond motifs is 2. The average Bonchev–Trinajstić information content (AvgIpc) is 3.92. The van der Waals surface area contributed by atoms with Crippen molar-refractivity contribution >= 4 is 33.4 Å². The molecular weight excluding hydrogens is 747 g/mol. The maximum atomic E-state index is 14.5. The van der Waals surface area contributed by atoms with Crippen molar-refractivity contribution in [3.05, 3.63) is 78.3 Å². The maximum absolute atomic E-state index is 14.5. The molecule has 1 saturated heterocycles. The van der Waals surface area contributed by atoms with Gasteiger partial charge in [-0.2, -0.15) is 18.2 Å². The quantitative estimate of drug-likeness (QED) is 0.192. The van der Waals surface area contributed by atoms with Gasteiger partial charge in [0.2, 0.25) is 21.8 Å². The van der Waals surface area contributed by atoms with Crippen molar-refractivity contribution in [1.29, 1.82) is 0 Å². The Morgan fingerprint density at radius 1 is 1.09 bits per heavy atom. The van der Waals surface area contributed by atoms with Crippen LogP contribution in [0.2, 0.25) is 0 Å². The first kappa shape index (κ1) is 38.3. The van der Waals surface area contributed by atoms with Gasteiger partial charge in [0, 0.05) is 23.6 Å². The summed E-state index contributed by atoms with van der Waals surface area (Å²) in [4.78, 5) is 48.2. The highest BCUT2D eigenvalue weighted by atomic mass is 32.2. The van der Waals surface area contributed by atoms with E-state index in [9.17, 15) is 40.4 Å². The van der Waals surface area contributed by atoms with E-state index in [1.807, 2.05) is 36.4 Å². The molecule has 4 aliphatic rings. The number of sulfonamides is 1. The zero-order valence-corrected chi connectivity index (χ0v) is 30.7. The van der Waals surface area contributed by atoms with Crippen molar-refractivity contribution in [2.45, 2.75) is 99.4 Å². The van der Waals surface area contributed by atoms with E-state index in [4.69, 9.17) is 9.15 Å². The normalized spacial score (nSPS) is 27.4. The molecule has 2 saturated carbocycles. The van der Waals surface area contributed by atoms with Gasteiger partial charge in [-0.3, -0.25) is 19.1 Å². The highest BCUT2D eigenvalue weighted by Gasteiger charge is 2.63. The van der Waals surface area contributed by atoms with Gasteiger partial charge < -0.3 is 24.7 Å². The second-order valence-electron chi connectivity index (χ2n) is 15.0. The number of nitrogens with zero attached hydrogens (tertiary/aromatic N) is 2. The van der Waals surface area contributed by atoms with Gasteiger partial charge in [-0.05, 0) is 63.6 Å². The number of benzene rings is 2. The molecular formula is C38H41F4N5O7S. The van der Waals surface area contributed by atoms with E-state index in [1.54, 1.807) is 6.08 Å².